The normalized spacial score (nSPS) is 24.0. The van der Waals surface area contributed by atoms with Gasteiger partial charge in [-0.2, -0.15) is 0 Å². The van der Waals surface area contributed by atoms with Crippen molar-refractivity contribution in [3.8, 4) is 0 Å². The van der Waals surface area contributed by atoms with Crippen LogP contribution in [0, 0.1) is 11.8 Å². The number of rotatable bonds is 10. The first kappa shape index (κ1) is 28.2. The molecule has 218 valence electrons. The first-order valence-corrected chi connectivity index (χ1v) is 15.9. The molecule has 2 aliphatic heterocycles. The molecule has 0 radical (unpaired) electrons. The number of likely N-dealkylation sites (tertiary alicyclic amines) is 2. The maximum atomic E-state index is 12.6. The lowest BCUT2D eigenvalue weighted by Crippen LogP contribution is -2.46. The van der Waals surface area contributed by atoms with E-state index in [1.165, 1.54) is 36.0 Å². The smallest absolute Gasteiger partial charge is 0.321 e. The molecule has 6 rings (SSSR count). The number of aryl methyl sites for hydroxylation is 2. The van der Waals surface area contributed by atoms with Crippen molar-refractivity contribution in [2.75, 3.05) is 32.7 Å². The van der Waals surface area contributed by atoms with Crippen LogP contribution in [0.2, 0.25) is 0 Å². The Bertz CT molecular complexity index is 1230. The van der Waals surface area contributed by atoms with Crippen LogP contribution in [0.4, 0.5) is 0 Å². The maximum Gasteiger partial charge on any atom is 0.321 e. The average Bonchev–Trinajstić information content (AvgIpc) is 3.65. The maximum absolute atomic E-state index is 12.6. The monoisotopic (exact) mass is 555 g/mol. The summed E-state index contributed by atoms with van der Waals surface area (Å²) in [7, 11) is 0. The standard InChI is InChI=1S/C35H45N3O3/c39-35(40)33(28-14-8-3-9-15-28)38-24-31(32(25-38)27-12-6-2-7-13-27)23-37-20-18-29(19-21-37)34-30(22-36-41-34)17-16-26-10-4-1-5-11-26/h1-2,4-7,10-13,22,28-29,31-33H,3,8-9,14-21,23-25H2,(H,39,40). The van der Waals surface area contributed by atoms with E-state index in [0.717, 1.165) is 77.0 Å². The Balaban J connectivity index is 1.09. The summed E-state index contributed by atoms with van der Waals surface area (Å²) < 4.78 is 5.83. The van der Waals surface area contributed by atoms with Crippen molar-refractivity contribution in [1.82, 2.24) is 15.0 Å². The molecule has 41 heavy (non-hydrogen) atoms. The molecule has 0 spiro atoms. The molecule has 3 aliphatic rings. The zero-order chi connectivity index (χ0) is 28.0. The highest BCUT2D eigenvalue weighted by Crippen LogP contribution is 2.39. The van der Waals surface area contributed by atoms with Crippen LogP contribution < -0.4 is 0 Å². The van der Waals surface area contributed by atoms with Crippen LogP contribution in [-0.4, -0.2) is 64.8 Å². The van der Waals surface area contributed by atoms with Gasteiger partial charge in [0.2, 0.25) is 0 Å². The first-order valence-electron chi connectivity index (χ1n) is 15.9. The van der Waals surface area contributed by atoms with Crippen LogP contribution in [0.1, 0.15) is 79.2 Å². The molecule has 1 N–H and O–H groups in total. The lowest BCUT2D eigenvalue weighted by atomic mass is 9.83. The summed E-state index contributed by atoms with van der Waals surface area (Å²) in [4.78, 5) is 17.5. The minimum Gasteiger partial charge on any atom is -0.480 e. The second-order valence-corrected chi connectivity index (χ2v) is 12.7. The lowest BCUT2D eigenvalue weighted by Gasteiger charge is -2.35. The van der Waals surface area contributed by atoms with Gasteiger partial charge in [-0.1, -0.05) is 85.1 Å². The van der Waals surface area contributed by atoms with E-state index in [1.54, 1.807) is 0 Å². The van der Waals surface area contributed by atoms with E-state index in [1.807, 2.05) is 6.20 Å². The molecule has 2 saturated heterocycles. The van der Waals surface area contributed by atoms with Gasteiger partial charge in [0, 0.05) is 37.0 Å². The molecule has 1 aromatic heterocycles. The topological polar surface area (TPSA) is 69.8 Å². The molecule has 3 atom stereocenters. The summed E-state index contributed by atoms with van der Waals surface area (Å²) >= 11 is 0. The van der Waals surface area contributed by atoms with Crippen LogP contribution in [0.3, 0.4) is 0 Å². The van der Waals surface area contributed by atoms with Gasteiger partial charge in [-0.15, -0.1) is 0 Å². The summed E-state index contributed by atoms with van der Waals surface area (Å²) in [5.74, 6) is 1.98. The van der Waals surface area contributed by atoms with Crippen LogP contribution in [-0.2, 0) is 17.6 Å². The van der Waals surface area contributed by atoms with Gasteiger partial charge >= 0.3 is 5.97 Å². The lowest BCUT2D eigenvalue weighted by molar-refractivity contribution is -0.145. The van der Waals surface area contributed by atoms with E-state index in [2.05, 4.69) is 75.6 Å². The van der Waals surface area contributed by atoms with Gasteiger partial charge in [0.15, 0.2) is 0 Å². The highest BCUT2D eigenvalue weighted by molar-refractivity contribution is 5.74. The second-order valence-electron chi connectivity index (χ2n) is 12.7. The molecule has 1 saturated carbocycles. The number of aromatic nitrogens is 1. The minimum absolute atomic E-state index is 0.283. The minimum atomic E-state index is -0.625. The van der Waals surface area contributed by atoms with E-state index in [-0.39, 0.29) is 12.0 Å². The quantitative estimate of drug-likeness (QED) is 0.313. The van der Waals surface area contributed by atoms with E-state index < -0.39 is 5.97 Å². The number of carboxylic acids is 1. The molecule has 2 aromatic carbocycles. The number of hydrogen-bond donors (Lipinski definition) is 1. The number of carbonyl (C=O) groups is 1. The van der Waals surface area contributed by atoms with Crippen molar-refractivity contribution >= 4 is 5.97 Å². The largest absolute Gasteiger partial charge is 0.480 e. The molecule has 3 heterocycles. The molecular weight excluding hydrogens is 510 g/mol. The summed E-state index contributed by atoms with van der Waals surface area (Å²) in [6.45, 7) is 4.84. The fourth-order valence-electron chi connectivity index (χ4n) is 7.93. The Morgan fingerprint density at radius 1 is 0.902 bits per heavy atom. The predicted molar refractivity (Wildman–Crippen MR) is 161 cm³/mol. The molecule has 6 nitrogen and oxygen atoms in total. The van der Waals surface area contributed by atoms with E-state index >= 15 is 0 Å². The molecule has 3 aromatic rings. The fraction of sp³-hybridized carbons (Fsp3) is 0.543. The van der Waals surface area contributed by atoms with E-state index in [9.17, 15) is 9.90 Å². The summed E-state index contributed by atoms with van der Waals surface area (Å²) in [6.07, 6.45) is 11.7. The fourth-order valence-corrected chi connectivity index (χ4v) is 7.93. The van der Waals surface area contributed by atoms with Crippen LogP contribution in [0.5, 0.6) is 0 Å². The Hall–Kier alpha value is -2.96. The van der Waals surface area contributed by atoms with Crippen molar-refractivity contribution in [2.45, 2.75) is 75.7 Å². The molecule has 3 unspecified atom stereocenters. The molecule has 0 amide bonds. The number of benzene rings is 2. The van der Waals surface area contributed by atoms with Crippen LogP contribution in [0.15, 0.2) is 71.4 Å². The molecule has 0 bridgehead atoms. The third-order valence-electron chi connectivity index (χ3n) is 10.1. The molecular formula is C35H45N3O3. The Morgan fingerprint density at radius 2 is 1.61 bits per heavy atom. The van der Waals surface area contributed by atoms with E-state index in [0.29, 0.717) is 17.8 Å². The molecule has 6 heteroatoms. The van der Waals surface area contributed by atoms with Crippen LogP contribution >= 0.6 is 0 Å². The highest BCUT2D eigenvalue weighted by Gasteiger charge is 2.43. The van der Waals surface area contributed by atoms with Crippen LogP contribution in [0.25, 0.3) is 0 Å². The second kappa shape index (κ2) is 13.3. The highest BCUT2D eigenvalue weighted by atomic mass is 16.5. The third kappa shape index (κ3) is 6.76. The number of piperidine rings is 1. The summed E-state index contributed by atoms with van der Waals surface area (Å²) in [5, 5.41) is 14.5. The van der Waals surface area contributed by atoms with Gasteiger partial charge in [-0.3, -0.25) is 9.69 Å². The SMILES string of the molecule is O=C(O)C(C1CCCCC1)N1CC(CN2CCC(c3oncc3CCc3ccccc3)CC2)C(c2ccccc2)C1. The number of hydrogen-bond acceptors (Lipinski definition) is 5. The average molecular weight is 556 g/mol. The Labute approximate surface area is 244 Å². The van der Waals surface area contributed by atoms with Crippen molar-refractivity contribution in [1.29, 1.82) is 0 Å². The molecule has 3 fully saturated rings. The summed E-state index contributed by atoms with van der Waals surface area (Å²) in [5.41, 5.74) is 3.96. The van der Waals surface area contributed by atoms with E-state index in [4.69, 9.17) is 4.52 Å². The van der Waals surface area contributed by atoms with Gasteiger partial charge in [0.1, 0.15) is 11.8 Å². The number of nitrogens with zero attached hydrogens (tertiary/aromatic N) is 3. The van der Waals surface area contributed by atoms with Crippen molar-refractivity contribution in [2.24, 2.45) is 11.8 Å². The van der Waals surface area contributed by atoms with Gasteiger partial charge in [-0.25, -0.2) is 0 Å². The molecule has 1 aliphatic carbocycles. The van der Waals surface area contributed by atoms with Crippen molar-refractivity contribution in [3.05, 3.63) is 89.3 Å². The number of aliphatic carboxylic acids is 1. The Morgan fingerprint density at radius 3 is 2.32 bits per heavy atom. The summed E-state index contributed by atoms with van der Waals surface area (Å²) in [6, 6.07) is 21.1. The third-order valence-corrected chi connectivity index (χ3v) is 10.1. The van der Waals surface area contributed by atoms with Crippen molar-refractivity contribution in [3.63, 3.8) is 0 Å². The first-order chi connectivity index (χ1) is 20.2. The predicted octanol–water partition coefficient (Wildman–Crippen LogP) is 6.39. The number of carboxylic acid groups (broad SMARTS) is 1. The van der Waals surface area contributed by atoms with Gasteiger partial charge in [0.05, 0.1) is 6.20 Å². The van der Waals surface area contributed by atoms with Crippen molar-refractivity contribution < 1.29 is 14.4 Å². The van der Waals surface area contributed by atoms with Gasteiger partial charge in [0.25, 0.3) is 0 Å². The van der Waals surface area contributed by atoms with Gasteiger partial charge in [-0.05, 0) is 74.6 Å². The zero-order valence-corrected chi connectivity index (χ0v) is 24.2. The zero-order valence-electron chi connectivity index (χ0n) is 24.2. The van der Waals surface area contributed by atoms with Gasteiger partial charge < -0.3 is 14.5 Å². The Kier molecular flexibility index (Phi) is 9.17.